The predicted molar refractivity (Wildman–Crippen MR) is 93.2 cm³/mol. The highest BCUT2D eigenvalue weighted by molar-refractivity contribution is 7.99. The molecule has 0 unspecified atom stereocenters. The van der Waals surface area contributed by atoms with Crippen molar-refractivity contribution >= 4 is 23.1 Å². The Morgan fingerprint density at radius 3 is 2.17 bits per heavy atom. The van der Waals surface area contributed by atoms with Gasteiger partial charge in [0.05, 0.1) is 0 Å². The summed E-state index contributed by atoms with van der Waals surface area (Å²) in [6, 6.07) is 11.8. The Labute approximate surface area is 144 Å². The van der Waals surface area contributed by atoms with Crippen molar-refractivity contribution in [2.45, 2.75) is 23.7 Å². The number of alkyl halides is 2. The van der Waals surface area contributed by atoms with Crippen LogP contribution < -0.4 is 0 Å². The molecule has 6 heteroatoms. The Morgan fingerprint density at radius 2 is 1.61 bits per heavy atom. The number of thioether (sulfide) groups is 1. The first-order valence-electron chi connectivity index (χ1n) is 7.70. The van der Waals surface area contributed by atoms with Gasteiger partial charge >= 0.3 is 0 Å². The lowest BCUT2D eigenvalue weighted by atomic mass is 10.2. The minimum atomic E-state index is -2.35. The lowest BCUT2D eigenvalue weighted by Gasteiger charge is -2.34. The second kappa shape index (κ2) is 8.24. The molecule has 0 bridgehead atoms. The molecule has 1 aromatic heterocycles. The van der Waals surface area contributed by atoms with Gasteiger partial charge in [0.2, 0.25) is 0 Å². The second-order valence-corrected chi connectivity index (χ2v) is 7.75. The van der Waals surface area contributed by atoms with Crippen LogP contribution in [0.3, 0.4) is 0 Å². The molecule has 0 saturated carbocycles. The topological polar surface area (TPSA) is 6.48 Å². The van der Waals surface area contributed by atoms with E-state index in [0.717, 1.165) is 39.3 Å². The van der Waals surface area contributed by atoms with E-state index >= 15 is 0 Å². The second-order valence-electron chi connectivity index (χ2n) is 5.65. The zero-order valence-corrected chi connectivity index (χ0v) is 14.5. The van der Waals surface area contributed by atoms with Crippen molar-refractivity contribution in [3.05, 3.63) is 52.2 Å². The molecule has 2 heterocycles. The van der Waals surface area contributed by atoms with E-state index < -0.39 is 5.76 Å². The summed E-state index contributed by atoms with van der Waals surface area (Å²) in [7, 11) is 0. The molecule has 0 atom stereocenters. The van der Waals surface area contributed by atoms with Crippen LogP contribution in [0.5, 0.6) is 0 Å². The number of rotatable bonds is 6. The number of hydrogen-bond acceptors (Lipinski definition) is 4. The Balaban J connectivity index is 1.45. The first-order chi connectivity index (χ1) is 11.2. The van der Waals surface area contributed by atoms with Crippen LogP contribution in [-0.4, -0.2) is 41.7 Å². The molecule has 0 aliphatic carbocycles. The molecule has 0 N–H and O–H groups in total. The Morgan fingerprint density at radius 1 is 0.957 bits per heavy atom. The SMILES string of the molecule is FC(F)Sc1ccc(CN2CCN(Cc3cccs3)CC2)cc1. The summed E-state index contributed by atoms with van der Waals surface area (Å²) >= 11 is 2.42. The number of piperazine rings is 1. The highest BCUT2D eigenvalue weighted by Gasteiger charge is 2.17. The van der Waals surface area contributed by atoms with Gasteiger partial charge in [-0.05, 0) is 29.1 Å². The highest BCUT2D eigenvalue weighted by Crippen LogP contribution is 2.25. The average molecular weight is 354 g/mol. The van der Waals surface area contributed by atoms with Gasteiger partial charge in [-0.1, -0.05) is 30.0 Å². The number of halogens is 2. The van der Waals surface area contributed by atoms with Gasteiger partial charge in [0.25, 0.3) is 5.76 Å². The van der Waals surface area contributed by atoms with Gasteiger partial charge in [0.15, 0.2) is 0 Å². The summed E-state index contributed by atoms with van der Waals surface area (Å²) in [6.07, 6.45) is 0. The van der Waals surface area contributed by atoms with E-state index in [9.17, 15) is 8.78 Å². The molecular formula is C17H20F2N2S2. The molecule has 3 rings (SSSR count). The van der Waals surface area contributed by atoms with E-state index in [0.29, 0.717) is 16.7 Å². The molecule has 23 heavy (non-hydrogen) atoms. The summed E-state index contributed by atoms with van der Waals surface area (Å²) in [6.45, 7) is 6.21. The molecule has 0 amide bonds. The van der Waals surface area contributed by atoms with Gasteiger partial charge in [0, 0.05) is 49.0 Å². The zero-order chi connectivity index (χ0) is 16.1. The Bertz CT molecular complexity index is 579. The maximum atomic E-state index is 12.3. The van der Waals surface area contributed by atoms with Gasteiger partial charge in [-0.3, -0.25) is 9.80 Å². The first-order valence-corrected chi connectivity index (χ1v) is 9.46. The maximum Gasteiger partial charge on any atom is 0.288 e. The maximum absolute atomic E-state index is 12.3. The van der Waals surface area contributed by atoms with Crippen LogP contribution in [0.15, 0.2) is 46.7 Å². The molecule has 2 nitrogen and oxygen atoms in total. The third-order valence-corrected chi connectivity index (χ3v) is 5.56. The summed E-state index contributed by atoms with van der Waals surface area (Å²) < 4.78 is 24.6. The zero-order valence-electron chi connectivity index (χ0n) is 12.8. The lowest BCUT2D eigenvalue weighted by Crippen LogP contribution is -2.45. The van der Waals surface area contributed by atoms with Crippen LogP contribution in [0.2, 0.25) is 0 Å². The average Bonchev–Trinajstić information content (AvgIpc) is 3.04. The number of benzene rings is 1. The molecule has 1 aliphatic heterocycles. The summed E-state index contributed by atoms with van der Waals surface area (Å²) in [5.41, 5.74) is 1.19. The molecule has 0 radical (unpaired) electrons. The Hall–Kier alpha value is -0.950. The fourth-order valence-electron chi connectivity index (χ4n) is 2.76. The summed E-state index contributed by atoms with van der Waals surface area (Å²) in [5.74, 6) is -2.35. The van der Waals surface area contributed by atoms with Gasteiger partial charge in [-0.15, -0.1) is 11.3 Å². The fraction of sp³-hybridized carbons (Fsp3) is 0.412. The van der Waals surface area contributed by atoms with Crippen LogP contribution in [0.4, 0.5) is 8.78 Å². The third kappa shape index (κ3) is 5.28. The standard InChI is InChI=1S/C17H20F2N2S2/c18-17(19)23-15-5-3-14(4-6-15)12-20-7-9-21(10-8-20)13-16-2-1-11-22-16/h1-6,11,17H,7-10,12-13H2. The molecule has 2 aromatic rings. The van der Waals surface area contributed by atoms with Crippen LogP contribution in [0, 0.1) is 0 Å². The minimum Gasteiger partial charge on any atom is -0.297 e. The van der Waals surface area contributed by atoms with Crippen LogP contribution in [0.1, 0.15) is 10.4 Å². The molecule has 1 aliphatic rings. The molecule has 1 saturated heterocycles. The van der Waals surface area contributed by atoms with E-state index in [4.69, 9.17) is 0 Å². The van der Waals surface area contributed by atoms with Crippen molar-refractivity contribution in [1.29, 1.82) is 0 Å². The van der Waals surface area contributed by atoms with Crippen LogP contribution in [-0.2, 0) is 13.1 Å². The van der Waals surface area contributed by atoms with Gasteiger partial charge in [-0.2, -0.15) is 8.78 Å². The molecule has 1 aromatic carbocycles. The van der Waals surface area contributed by atoms with Gasteiger partial charge in [-0.25, -0.2) is 0 Å². The molecular weight excluding hydrogens is 334 g/mol. The quantitative estimate of drug-likeness (QED) is 0.711. The van der Waals surface area contributed by atoms with Gasteiger partial charge in [0.1, 0.15) is 0 Å². The van der Waals surface area contributed by atoms with E-state index in [2.05, 4.69) is 27.3 Å². The van der Waals surface area contributed by atoms with Crippen molar-refractivity contribution in [3.63, 3.8) is 0 Å². The van der Waals surface area contributed by atoms with Crippen molar-refractivity contribution in [3.8, 4) is 0 Å². The van der Waals surface area contributed by atoms with Crippen LogP contribution >= 0.6 is 23.1 Å². The van der Waals surface area contributed by atoms with Crippen molar-refractivity contribution in [2.75, 3.05) is 26.2 Å². The van der Waals surface area contributed by atoms with Crippen LogP contribution in [0.25, 0.3) is 0 Å². The highest BCUT2D eigenvalue weighted by atomic mass is 32.2. The lowest BCUT2D eigenvalue weighted by molar-refractivity contribution is 0.123. The largest absolute Gasteiger partial charge is 0.297 e. The van der Waals surface area contributed by atoms with Crippen molar-refractivity contribution in [2.24, 2.45) is 0 Å². The van der Waals surface area contributed by atoms with Gasteiger partial charge < -0.3 is 0 Å². The summed E-state index contributed by atoms with van der Waals surface area (Å²) in [4.78, 5) is 6.97. The first kappa shape index (κ1) is 16.9. The normalized spacial score (nSPS) is 17.0. The van der Waals surface area contributed by atoms with E-state index in [-0.39, 0.29) is 0 Å². The van der Waals surface area contributed by atoms with Crippen molar-refractivity contribution < 1.29 is 8.78 Å². The predicted octanol–water partition coefficient (Wildman–Crippen LogP) is 4.38. The smallest absolute Gasteiger partial charge is 0.288 e. The Kier molecular flexibility index (Phi) is 6.05. The molecule has 124 valence electrons. The fourth-order valence-corrected chi connectivity index (χ4v) is 4.01. The van der Waals surface area contributed by atoms with Crippen molar-refractivity contribution in [1.82, 2.24) is 9.80 Å². The van der Waals surface area contributed by atoms with E-state index in [1.54, 1.807) is 12.1 Å². The number of thiophene rings is 1. The molecule has 0 spiro atoms. The third-order valence-electron chi connectivity index (χ3n) is 3.98. The minimum absolute atomic E-state index is 0.602. The molecule has 1 fully saturated rings. The van der Waals surface area contributed by atoms with E-state index in [1.165, 1.54) is 10.4 Å². The van der Waals surface area contributed by atoms with E-state index in [1.807, 2.05) is 23.5 Å². The summed E-state index contributed by atoms with van der Waals surface area (Å²) in [5, 5.41) is 2.13. The number of nitrogens with zero attached hydrogens (tertiary/aromatic N) is 2. The number of hydrogen-bond donors (Lipinski definition) is 0. The monoisotopic (exact) mass is 354 g/mol.